The van der Waals surface area contributed by atoms with Crippen molar-refractivity contribution >= 4 is 27.7 Å². The van der Waals surface area contributed by atoms with Crippen LogP contribution in [-0.2, 0) is 6.54 Å². The first kappa shape index (κ1) is 20.8. The fourth-order valence-corrected chi connectivity index (χ4v) is 3.88. The maximum absolute atomic E-state index is 5.89. The quantitative estimate of drug-likeness (QED) is 0.354. The molecule has 0 amide bonds. The second-order valence-corrected chi connectivity index (χ2v) is 8.48. The highest BCUT2D eigenvalue weighted by atomic mass is 79.9. The number of halogens is 1. The van der Waals surface area contributed by atoms with E-state index in [9.17, 15) is 0 Å². The lowest BCUT2D eigenvalue weighted by molar-refractivity contribution is 0.239. The van der Waals surface area contributed by atoms with Crippen LogP contribution in [0, 0.1) is 0 Å². The highest BCUT2D eigenvalue weighted by Crippen LogP contribution is 2.24. The molecule has 6 nitrogen and oxygen atoms in total. The van der Waals surface area contributed by atoms with Gasteiger partial charge in [-0.25, -0.2) is 0 Å². The summed E-state index contributed by atoms with van der Waals surface area (Å²) in [6, 6.07) is 16.1. The van der Waals surface area contributed by atoms with Gasteiger partial charge in [0.1, 0.15) is 5.75 Å². The van der Waals surface area contributed by atoms with Gasteiger partial charge in [0.2, 0.25) is 5.16 Å². The number of ether oxygens (including phenoxy) is 1. The molecular weight excluding hydrogens is 438 g/mol. The first-order valence-corrected chi connectivity index (χ1v) is 11.0. The van der Waals surface area contributed by atoms with Crippen molar-refractivity contribution in [2.75, 3.05) is 12.3 Å². The summed E-state index contributed by atoms with van der Waals surface area (Å²) < 4.78 is 8.72. The van der Waals surface area contributed by atoms with E-state index >= 15 is 0 Å². The Morgan fingerprint density at radius 2 is 2.00 bits per heavy atom. The Morgan fingerprint density at radius 1 is 1.18 bits per heavy atom. The lowest BCUT2D eigenvalue weighted by atomic mass is 10.2. The Hall–Kier alpha value is -1.90. The van der Waals surface area contributed by atoms with Crippen molar-refractivity contribution in [3.63, 3.8) is 0 Å². The number of para-hydroxylation sites is 1. The number of rotatable bonds is 10. The molecule has 1 heterocycles. The molecule has 1 aromatic heterocycles. The molecule has 0 radical (unpaired) electrons. The maximum atomic E-state index is 5.89. The number of hydrogen-bond acceptors (Lipinski definition) is 6. The van der Waals surface area contributed by atoms with Gasteiger partial charge < -0.3 is 10.1 Å². The number of hydrogen-bond donors (Lipinski definition) is 1. The zero-order valence-electron chi connectivity index (χ0n) is 16.0. The van der Waals surface area contributed by atoms with Gasteiger partial charge >= 0.3 is 0 Å². The van der Waals surface area contributed by atoms with E-state index in [1.807, 2.05) is 56.3 Å². The van der Waals surface area contributed by atoms with Gasteiger partial charge in [-0.2, -0.15) is 4.68 Å². The molecule has 28 heavy (non-hydrogen) atoms. The van der Waals surface area contributed by atoms with E-state index in [0.717, 1.165) is 51.9 Å². The molecule has 3 rings (SSSR count). The predicted octanol–water partition coefficient (Wildman–Crippen LogP) is 4.48. The van der Waals surface area contributed by atoms with Gasteiger partial charge in [-0.05, 0) is 67.6 Å². The standard InChI is InChI=1S/C20H24BrN5OS/c1-15(2)27-19-10-9-17(21)13-16(19)14-22-11-6-12-28-20-23-24-25-26(20)18-7-4-3-5-8-18/h3-5,7-10,13,15,22H,6,11-12,14H2,1-2H3. The van der Waals surface area contributed by atoms with E-state index in [0.29, 0.717) is 0 Å². The van der Waals surface area contributed by atoms with Gasteiger partial charge in [0, 0.05) is 22.3 Å². The van der Waals surface area contributed by atoms with Gasteiger partial charge in [-0.15, -0.1) is 5.10 Å². The zero-order valence-corrected chi connectivity index (χ0v) is 18.4. The van der Waals surface area contributed by atoms with Crippen LogP contribution in [0.3, 0.4) is 0 Å². The van der Waals surface area contributed by atoms with Crippen molar-refractivity contribution in [2.45, 2.75) is 38.1 Å². The predicted molar refractivity (Wildman–Crippen MR) is 116 cm³/mol. The molecule has 8 heteroatoms. The molecule has 0 fully saturated rings. The molecule has 0 atom stereocenters. The maximum Gasteiger partial charge on any atom is 0.214 e. The van der Waals surface area contributed by atoms with E-state index < -0.39 is 0 Å². The van der Waals surface area contributed by atoms with Gasteiger partial charge in [0.25, 0.3) is 0 Å². The summed E-state index contributed by atoms with van der Waals surface area (Å²) in [7, 11) is 0. The topological polar surface area (TPSA) is 64.9 Å². The van der Waals surface area contributed by atoms with Crippen LogP contribution in [0.25, 0.3) is 5.69 Å². The fraction of sp³-hybridized carbons (Fsp3) is 0.350. The van der Waals surface area contributed by atoms with Crippen LogP contribution >= 0.6 is 27.7 Å². The first-order chi connectivity index (χ1) is 13.6. The lowest BCUT2D eigenvalue weighted by Crippen LogP contribution is -2.17. The molecule has 3 aromatic rings. The highest BCUT2D eigenvalue weighted by molar-refractivity contribution is 9.10. The van der Waals surface area contributed by atoms with Crippen molar-refractivity contribution in [1.82, 2.24) is 25.5 Å². The molecule has 0 saturated carbocycles. The van der Waals surface area contributed by atoms with Crippen LogP contribution in [0.4, 0.5) is 0 Å². The Morgan fingerprint density at radius 3 is 2.79 bits per heavy atom. The van der Waals surface area contributed by atoms with Crippen molar-refractivity contribution in [1.29, 1.82) is 0 Å². The van der Waals surface area contributed by atoms with Crippen LogP contribution in [0.2, 0.25) is 0 Å². The number of nitrogens with zero attached hydrogens (tertiary/aromatic N) is 4. The molecule has 2 aromatic carbocycles. The van der Waals surface area contributed by atoms with Crippen LogP contribution in [0.15, 0.2) is 58.2 Å². The summed E-state index contributed by atoms with van der Waals surface area (Å²) >= 11 is 5.20. The normalized spacial score (nSPS) is 11.1. The second-order valence-electron chi connectivity index (χ2n) is 6.51. The molecule has 0 bridgehead atoms. The third-order valence-electron chi connectivity index (χ3n) is 3.87. The van der Waals surface area contributed by atoms with E-state index in [1.54, 1.807) is 16.4 Å². The average molecular weight is 462 g/mol. The molecule has 1 N–H and O–H groups in total. The van der Waals surface area contributed by atoms with Gasteiger partial charge in [0.15, 0.2) is 0 Å². The van der Waals surface area contributed by atoms with E-state index in [-0.39, 0.29) is 6.10 Å². The third-order valence-corrected chi connectivity index (χ3v) is 5.37. The summed E-state index contributed by atoms with van der Waals surface area (Å²) in [5, 5.41) is 16.3. The highest BCUT2D eigenvalue weighted by Gasteiger charge is 2.09. The molecule has 0 aliphatic carbocycles. The molecule has 0 saturated heterocycles. The lowest BCUT2D eigenvalue weighted by Gasteiger charge is -2.15. The number of benzene rings is 2. The van der Waals surface area contributed by atoms with Gasteiger partial charge in [-0.3, -0.25) is 0 Å². The number of thioether (sulfide) groups is 1. The van der Waals surface area contributed by atoms with Crippen LogP contribution in [0.5, 0.6) is 5.75 Å². The van der Waals surface area contributed by atoms with Gasteiger partial charge in [-0.1, -0.05) is 45.9 Å². The minimum atomic E-state index is 0.159. The van der Waals surface area contributed by atoms with Gasteiger partial charge in [0.05, 0.1) is 11.8 Å². The Bertz CT molecular complexity index is 872. The third kappa shape index (κ3) is 6.05. The van der Waals surface area contributed by atoms with E-state index in [2.05, 4.69) is 42.8 Å². The van der Waals surface area contributed by atoms with Crippen LogP contribution < -0.4 is 10.1 Å². The number of nitrogens with one attached hydrogen (secondary N) is 1. The fourth-order valence-electron chi connectivity index (χ4n) is 2.64. The van der Waals surface area contributed by atoms with Crippen molar-refractivity contribution in [3.05, 3.63) is 58.6 Å². The monoisotopic (exact) mass is 461 g/mol. The SMILES string of the molecule is CC(C)Oc1ccc(Br)cc1CNCCCSc1nnnn1-c1ccccc1. The smallest absolute Gasteiger partial charge is 0.214 e. The zero-order chi connectivity index (χ0) is 19.8. The summed E-state index contributed by atoms with van der Waals surface area (Å²) in [5.74, 6) is 1.87. The first-order valence-electron chi connectivity index (χ1n) is 9.26. The molecule has 0 aliphatic heterocycles. The minimum Gasteiger partial charge on any atom is -0.491 e. The molecule has 148 valence electrons. The molecule has 0 spiro atoms. The summed E-state index contributed by atoms with van der Waals surface area (Å²) in [6.45, 7) is 5.76. The Balaban J connectivity index is 1.44. The molecule has 0 aliphatic rings. The average Bonchev–Trinajstić information content (AvgIpc) is 3.15. The Labute approximate surface area is 178 Å². The minimum absolute atomic E-state index is 0.159. The number of tetrazole rings is 1. The summed E-state index contributed by atoms with van der Waals surface area (Å²) in [6.07, 6.45) is 1.17. The van der Waals surface area contributed by atoms with Crippen molar-refractivity contribution in [3.8, 4) is 11.4 Å². The van der Waals surface area contributed by atoms with E-state index in [4.69, 9.17) is 4.74 Å². The summed E-state index contributed by atoms with van der Waals surface area (Å²) in [4.78, 5) is 0. The van der Waals surface area contributed by atoms with E-state index in [1.165, 1.54) is 0 Å². The summed E-state index contributed by atoms with van der Waals surface area (Å²) in [5.41, 5.74) is 2.13. The van der Waals surface area contributed by atoms with Crippen LogP contribution in [-0.4, -0.2) is 38.6 Å². The van der Waals surface area contributed by atoms with Crippen molar-refractivity contribution in [2.24, 2.45) is 0 Å². The molecule has 0 unspecified atom stereocenters. The van der Waals surface area contributed by atoms with Crippen molar-refractivity contribution < 1.29 is 4.74 Å². The molecular formula is C20H24BrN5OS. The second kappa shape index (κ2) is 10.6. The number of aromatic nitrogens is 4. The Kier molecular flexibility index (Phi) is 7.88. The largest absolute Gasteiger partial charge is 0.491 e. The van der Waals surface area contributed by atoms with Crippen LogP contribution in [0.1, 0.15) is 25.8 Å².